The van der Waals surface area contributed by atoms with Crippen molar-refractivity contribution < 1.29 is 14.6 Å². The predicted octanol–water partition coefficient (Wildman–Crippen LogP) is 0.852. The number of anilines is 2. The van der Waals surface area contributed by atoms with Crippen molar-refractivity contribution in [2.45, 2.75) is 18.9 Å². The van der Waals surface area contributed by atoms with Gasteiger partial charge in [-0.1, -0.05) is 0 Å². The molecule has 1 atom stereocenters. The van der Waals surface area contributed by atoms with Crippen LogP contribution in [0.5, 0.6) is 0 Å². The van der Waals surface area contributed by atoms with Crippen molar-refractivity contribution in [2.24, 2.45) is 0 Å². The number of carbonyl (C=O) groups excluding carboxylic acids is 1. The molecule has 6 heteroatoms. The first-order valence-electron chi connectivity index (χ1n) is 6.83. The zero-order valence-electron chi connectivity index (χ0n) is 13.1. The number of rotatable bonds is 7. The van der Waals surface area contributed by atoms with Crippen molar-refractivity contribution in [2.75, 3.05) is 45.0 Å². The molecule has 0 spiro atoms. The van der Waals surface area contributed by atoms with Crippen LogP contribution in [0.25, 0.3) is 0 Å². The number of benzene rings is 1. The number of hydrogen-bond acceptors (Lipinski definition) is 5. The van der Waals surface area contributed by atoms with Crippen molar-refractivity contribution in [1.29, 1.82) is 0 Å². The summed E-state index contributed by atoms with van der Waals surface area (Å²) < 4.78 is 4.94. The van der Waals surface area contributed by atoms with E-state index in [9.17, 15) is 9.90 Å². The number of aliphatic hydroxyl groups is 1. The van der Waals surface area contributed by atoms with E-state index >= 15 is 0 Å². The van der Waals surface area contributed by atoms with E-state index in [0.717, 1.165) is 5.69 Å². The van der Waals surface area contributed by atoms with Gasteiger partial charge >= 0.3 is 0 Å². The molecule has 0 aromatic heterocycles. The number of ether oxygens (including phenoxy) is 1. The van der Waals surface area contributed by atoms with Gasteiger partial charge in [0.15, 0.2) is 0 Å². The lowest BCUT2D eigenvalue weighted by molar-refractivity contribution is 0.0244. The van der Waals surface area contributed by atoms with E-state index in [-0.39, 0.29) is 12.5 Å². The van der Waals surface area contributed by atoms with Gasteiger partial charge in [0.1, 0.15) is 0 Å². The van der Waals surface area contributed by atoms with E-state index in [2.05, 4.69) is 5.32 Å². The fourth-order valence-corrected chi connectivity index (χ4v) is 1.90. The van der Waals surface area contributed by atoms with Crippen LogP contribution in [-0.2, 0) is 4.74 Å². The van der Waals surface area contributed by atoms with Crippen LogP contribution in [0.2, 0.25) is 0 Å². The summed E-state index contributed by atoms with van der Waals surface area (Å²) in [6.07, 6.45) is 0.446. The van der Waals surface area contributed by atoms with Crippen LogP contribution in [0.3, 0.4) is 0 Å². The molecule has 0 heterocycles. The average Bonchev–Trinajstić information content (AvgIpc) is 2.42. The maximum absolute atomic E-state index is 12.3. The molecule has 6 nitrogen and oxygen atoms in total. The SMILES string of the molecule is COCCC(C)(O)CNC(=O)c1cc(N)ccc1N(C)C. The van der Waals surface area contributed by atoms with Crippen molar-refractivity contribution >= 4 is 17.3 Å². The molecular weight excluding hydrogens is 270 g/mol. The van der Waals surface area contributed by atoms with E-state index in [0.29, 0.717) is 24.3 Å². The Morgan fingerprint density at radius 1 is 1.48 bits per heavy atom. The summed E-state index contributed by atoms with van der Waals surface area (Å²) in [5, 5.41) is 12.9. The second-order valence-corrected chi connectivity index (χ2v) is 5.59. The van der Waals surface area contributed by atoms with E-state index in [1.54, 1.807) is 32.2 Å². The average molecular weight is 295 g/mol. The lowest BCUT2D eigenvalue weighted by Gasteiger charge is -2.24. The van der Waals surface area contributed by atoms with Gasteiger partial charge in [-0.3, -0.25) is 4.79 Å². The molecule has 21 heavy (non-hydrogen) atoms. The first kappa shape index (κ1) is 17.3. The Hall–Kier alpha value is -1.79. The van der Waals surface area contributed by atoms with Gasteiger partial charge in [0.05, 0.1) is 11.2 Å². The fraction of sp³-hybridized carbons (Fsp3) is 0.533. The first-order chi connectivity index (χ1) is 9.76. The fourth-order valence-electron chi connectivity index (χ4n) is 1.90. The Morgan fingerprint density at radius 3 is 2.71 bits per heavy atom. The van der Waals surface area contributed by atoms with Crippen molar-refractivity contribution in [1.82, 2.24) is 5.32 Å². The number of amides is 1. The molecular formula is C15H25N3O3. The molecule has 0 radical (unpaired) electrons. The van der Waals surface area contributed by atoms with Crippen LogP contribution in [0.15, 0.2) is 18.2 Å². The van der Waals surface area contributed by atoms with E-state index in [1.165, 1.54) is 0 Å². The van der Waals surface area contributed by atoms with Crippen molar-refractivity contribution in [3.8, 4) is 0 Å². The highest BCUT2D eigenvalue weighted by atomic mass is 16.5. The van der Waals surface area contributed by atoms with Gasteiger partial charge in [0.2, 0.25) is 0 Å². The molecule has 0 saturated carbocycles. The second-order valence-electron chi connectivity index (χ2n) is 5.59. The van der Waals surface area contributed by atoms with Crippen LogP contribution in [0.4, 0.5) is 11.4 Å². The minimum absolute atomic E-state index is 0.150. The summed E-state index contributed by atoms with van der Waals surface area (Å²) in [6.45, 7) is 2.25. The van der Waals surface area contributed by atoms with Crippen molar-refractivity contribution in [3.05, 3.63) is 23.8 Å². The van der Waals surface area contributed by atoms with Crippen LogP contribution < -0.4 is 16.0 Å². The molecule has 4 N–H and O–H groups in total. The topological polar surface area (TPSA) is 87.8 Å². The van der Waals surface area contributed by atoms with Crippen LogP contribution in [-0.4, -0.2) is 51.0 Å². The molecule has 0 aliphatic rings. The smallest absolute Gasteiger partial charge is 0.253 e. The van der Waals surface area contributed by atoms with E-state index in [1.807, 2.05) is 19.0 Å². The summed E-state index contributed by atoms with van der Waals surface area (Å²) in [4.78, 5) is 14.2. The summed E-state index contributed by atoms with van der Waals surface area (Å²) in [5.74, 6) is -0.260. The summed E-state index contributed by atoms with van der Waals surface area (Å²) in [6, 6.07) is 5.18. The first-order valence-corrected chi connectivity index (χ1v) is 6.83. The Balaban J connectivity index is 2.78. The molecule has 1 amide bonds. The molecule has 0 aliphatic carbocycles. The van der Waals surface area contributed by atoms with Gasteiger partial charge in [-0.15, -0.1) is 0 Å². The quantitative estimate of drug-likeness (QED) is 0.649. The van der Waals surface area contributed by atoms with Gasteiger partial charge in [-0.2, -0.15) is 0 Å². The molecule has 1 aromatic rings. The molecule has 1 rings (SSSR count). The maximum atomic E-state index is 12.3. The number of nitrogens with one attached hydrogen (secondary N) is 1. The zero-order valence-corrected chi connectivity index (χ0v) is 13.1. The van der Waals surface area contributed by atoms with Crippen LogP contribution in [0.1, 0.15) is 23.7 Å². The normalized spacial score (nSPS) is 13.6. The number of methoxy groups -OCH3 is 1. The second kappa shape index (κ2) is 7.28. The zero-order chi connectivity index (χ0) is 16.0. The molecule has 0 fully saturated rings. The highest BCUT2D eigenvalue weighted by Crippen LogP contribution is 2.21. The minimum Gasteiger partial charge on any atom is -0.399 e. The molecule has 1 aromatic carbocycles. The molecule has 118 valence electrons. The monoisotopic (exact) mass is 295 g/mol. The number of hydrogen-bond donors (Lipinski definition) is 3. The Morgan fingerprint density at radius 2 is 2.14 bits per heavy atom. The number of nitrogen functional groups attached to an aromatic ring is 1. The van der Waals surface area contributed by atoms with E-state index < -0.39 is 5.60 Å². The standard InChI is InChI=1S/C15H25N3O3/c1-15(20,7-8-21-4)10-17-14(19)12-9-11(16)5-6-13(12)18(2)3/h5-6,9,20H,7-8,10,16H2,1-4H3,(H,17,19). The lowest BCUT2D eigenvalue weighted by Crippen LogP contribution is -2.41. The van der Waals surface area contributed by atoms with Gasteiger partial charge in [-0.05, 0) is 25.1 Å². The maximum Gasteiger partial charge on any atom is 0.253 e. The summed E-state index contributed by atoms with van der Waals surface area (Å²) in [7, 11) is 5.29. The summed E-state index contributed by atoms with van der Waals surface area (Å²) in [5.41, 5.74) is 6.53. The van der Waals surface area contributed by atoms with Gasteiger partial charge in [0, 0.05) is 52.2 Å². The number of nitrogens with two attached hydrogens (primary N) is 1. The largest absolute Gasteiger partial charge is 0.399 e. The van der Waals surface area contributed by atoms with Crippen molar-refractivity contribution in [3.63, 3.8) is 0 Å². The number of nitrogens with zero attached hydrogens (tertiary/aromatic N) is 1. The molecule has 0 aliphatic heterocycles. The third kappa shape index (κ3) is 5.24. The Labute approximate surface area is 125 Å². The molecule has 1 unspecified atom stereocenters. The third-order valence-corrected chi connectivity index (χ3v) is 3.22. The molecule has 0 bridgehead atoms. The predicted molar refractivity (Wildman–Crippen MR) is 84.6 cm³/mol. The molecule has 0 saturated heterocycles. The minimum atomic E-state index is -1.01. The highest BCUT2D eigenvalue weighted by Gasteiger charge is 2.22. The van der Waals surface area contributed by atoms with Gasteiger partial charge in [0.25, 0.3) is 5.91 Å². The van der Waals surface area contributed by atoms with Gasteiger partial charge in [-0.25, -0.2) is 0 Å². The summed E-state index contributed by atoms with van der Waals surface area (Å²) >= 11 is 0. The highest BCUT2D eigenvalue weighted by molar-refractivity contribution is 6.00. The van der Waals surface area contributed by atoms with Crippen LogP contribution >= 0.6 is 0 Å². The number of carbonyl (C=O) groups is 1. The third-order valence-electron chi connectivity index (χ3n) is 3.22. The Kier molecular flexibility index (Phi) is 5.99. The van der Waals surface area contributed by atoms with E-state index in [4.69, 9.17) is 10.5 Å². The Bertz CT molecular complexity index is 487. The van der Waals surface area contributed by atoms with Crippen LogP contribution in [0, 0.1) is 0 Å². The lowest BCUT2D eigenvalue weighted by atomic mass is 10.0. The van der Waals surface area contributed by atoms with Gasteiger partial charge < -0.3 is 25.8 Å².